The highest BCUT2D eigenvalue weighted by Gasteiger charge is 2.14. The van der Waals surface area contributed by atoms with E-state index >= 15 is 0 Å². The largest absolute Gasteiger partial charge is 0.374 e. The van der Waals surface area contributed by atoms with Crippen molar-refractivity contribution < 1.29 is 9.45 Å². The highest BCUT2D eigenvalue weighted by Crippen LogP contribution is 2.27. The number of nitrogens with one attached hydrogen (secondary N) is 1. The van der Waals surface area contributed by atoms with E-state index < -0.39 is 4.92 Å². The van der Waals surface area contributed by atoms with Gasteiger partial charge in [0.25, 0.3) is 5.69 Å². The third kappa shape index (κ3) is 2.73. The van der Waals surface area contributed by atoms with Crippen LogP contribution in [0.25, 0.3) is 0 Å². The predicted octanol–water partition coefficient (Wildman–Crippen LogP) is 2.85. The number of rotatable bonds is 4. The standard InChI is InChI=1S/C10H8ClN3O3/c11-7-1-2-9(10(5-7)14(15)16)12-6-8-3-4-17-13-8/h1-5,12H,6H2. The summed E-state index contributed by atoms with van der Waals surface area (Å²) in [7, 11) is 0. The molecule has 0 saturated carbocycles. The van der Waals surface area contributed by atoms with Crippen LogP contribution in [0.15, 0.2) is 35.1 Å². The van der Waals surface area contributed by atoms with Crippen molar-refractivity contribution >= 4 is 23.0 Å². The van der Waals surface area contributed by atoms with Gasteiger partial charge < -0.3 is 9.84 Å². The Kier molecular flexibility index (Phi) is 3.24. The Morgan fingerprint density at radius 2 is 2.29 bits per heavy atom. The van der Waals surface area contributed by atoms with Gasteiger partial charge >= 0.3 is 0 Å². The van der Waals surface area contributed by atoms with Crippen LogP contribution in [0, 0.1) is 10.1 Å². The molecule has 0 aliphatic rings. The zero-order chi connectivity index (χ0) is 12.3. The summed E-state index contributed by atoms with van der Waals surface area (Å²) in [5.74, 6) is 0. The molecule has 0 aliphatic carbocycles. The van der Waals surface area contributed by atoms with Crippen LogP contribution in [-0.2, 0) is 6.54 Å². The van der Waals surface area contributed by atoms with Crippen LogP contribution in [0.4, 0.5) is 11.4 Å². The molecular formula is C10H8ClN3O3. The topological polar surface area (TPSA) is 81.2 Å². The molecule has 1 N–H and O–H groups in total. The fourth-order valence-corrected chi connectivity index (χ4v) is 1.49. The molecule has 7 heteroatoms. The van der Waals surface area contributed by atoms with Crippen LogP contribution in [0.5, 0.6) is 0 Å². The minimum absolute atomic E-state index is 0.0685. The number of anilines is 1. The molecule has 0 aliphatic heterocycles. The Morgan fingerprint density at radius 3 is 2.94 bits per heavy atom. The molecule has 0 atom stereocenters. The van der Waals surface area contributed by atoms with E-state index in [4.69, 9.17) is 11.6 Å². The van der Waals surface area contributed by atoms with Gasteiger partial charge in [0, 0.05) is 17.2 Å². The number of aromatic nitrogens is 1. The number of halogens is 1. The third-order valence-corrected chi connectivity index (χ3v) is 2.34. The normalized spacial score (nSPS) is 10.2. The first-order chi connectivity index (χ1) is 8.16. The lowest BCUT2D eigenvalue weighted by Crippen LogP contribution is -2.02. The molecule has 0 unspecified atom stereocenters. The van der Waals surface area contributed by atoms with Gasteiger partial charge in [-0.15, -0.1) is 0 Å². The van der Waals surface area contributed by atoms with Gasteiger partial charge in [0.15, 0.2) is 0 Å². The van der Waals surface area contributed by atoms with Crippen LogP contribution in [-0.4, -0.2) is 10.1 Å². The molecule has 0 saturated heterocycles. The summed E-state index contributed by atoms with van der Waals surface area (Å²) in [6.45, 7) is 0.346. The van der Waals surface area contributed by atoms with Crippen LogP contribution >= 0.6 is 11.6 Å². The van der Waals surface area contributed by atoms with Crippen LogP contribution in [0.2, 0.25) is 5.02 Å². The monoisotopic (exact) mass is 253 g/mol. The highest BCUT2D eigenvalue weighted by atomic mass is 35.5. The molecular weight excluding hydrogens is 246 g/mol. The molecule has 0 bridgehead atoms. The Hall–Kier alpha value is -2.08. The first kappa shape index (κ1) is 11.4. The fourth-order valence-electron chi connectivity index (χ4n) is 1.32. The SMILES string of the molecule is O=[N+]([O-])c1cc(Cl)ccc1NCc1ccon1. The zero-order valence-corrected chi connectivity index (χ0v) is 9.35. The number of nitrogens with zero attached hydrogens (tertiary/aromatic N) is 2. The van der Waals surface area contributed by atoms with Gasteiger partial charge in [-0.1, -0.05) is 16.8 Å². The van der Waals surface area contributed by atoms with E-state index in [1.807, 2.05) is 0 Å². The number of hydrogen-bond donors (Lipinski definition) is 1. The summed E-state index contributed by atoms with van der Waals surface area (Å²) in [6, 6.07) is 6.11. The Morgan fingerprint density at radius 1 is 1.47 bits per heavy atom. The van der Waals surface area contributed by atoms with Crippen molar-refractivity contribution in [2.24, 2.45) is 0 Å². The number of benzene rings is 1. The maximum atomic E-state index is 10.8. The van der Waals surface area contributed by atoms with E-state index in [1.54, 1.807) is 18.2 Å². The smallest absolute Gasteiger partial charge is 0.293 e. The summed E-state index contributed by atoms with van der Waals surface area (Å²) < 4.78 is 4.65. The first-order valence-electron chi connectivity index (χ1n) is 4.74. The number of nitro groups is 1. The molecule has 17 heavy (non-hydrogen) atoms. The van der Waals surface area contributed by atoms with Gasteiger partial charge in [0.2, 0.25) is 0 Å². The van der Waals surface area contributed by atoms with Crippen molar-refractivity contribution in [3.8, 4) is 0 Å². The summed E-state index contributed by atoms with van der Waals surface area (Å²) in [5.41, 5.74) is 0.984. The quantitative estimate of drug-likeness (QED) is 0.669. The lowest BCUT2D eigenvalue weighted by molar-refractivity contribution is -0.383. The minimum Gasteiger partial charge on any atom is -0.374 e. The lowest BCUT2D eigenvalue weighted by Gasteiger charge is -2.05. The Labute approximate surface area is 101 Å². The average molecular weight is 254 g/mol. The Bertz CT molecular complexity index is 528. The molecule has 0 fully saturated rings. The van der Waals surface area contributed by atoms with Crippen molar-refractivity contribution in [2.75, 3.05) is 5.32 Å². The van der Waals surface area contributed by atoms with Gasteiger partial charge in [-0.05, 0) is 12.1 Å². The minimum atomic E-state index is -0.489. The average Bonchev–Trinajstić information content (AvgIpc) is 2.80. The summed E-state index contributed by atoms with van der Waals surface area (Å²) in [4.78, 5) is 10.3. The zero-order valence-electron chi connectivity index (χ0n) is 8.59. The Balaban J connectivity index is 2.17. The number of nitro benzene ring substituents is 1. The molecule has 2 aromatic rings. The third-order valence-electron chi connectivity index (χ3n) is 2.11. The predicted molar refractivity (Wildman–Crippen MR) is 61.9 cm³/mol. The van der Waals surface area contributed by atoms with E-state index in [0.29, 0.717) is 22.9 Å². The number of hydrogen-bond acceptors (Lipinski definition) is 5. The van der Waals surface area contributed by atoms with E-state index in [1.165, 1.54) is 12.3 Å². The van der Waals surface area contributed by atoms with Crippen molar-refractivity contribution in [3.63, 3.8) is 0 Å². The molecule has 1 heterocycles. The second-order valence-corrected chi connectivity index (χ2v) is 3.70. The van der Waals surface area contributed by atoms with E-state index in [9.17, 15) is 10.1 Å². The van der Waals surface area contributed by atoms with Gasteiger partial charge in [-0.3, -0.25) is 10.1 Å². The molecule has 6 nitrogen and oxygen atoms in total. The second-order valence-electron chi connectivity index (χ2n) is 3.26. The maximum Gasteiger partial charge on any atom is 0.293 e. The van der Waals surface area contributed by atoms with Crippen molar-refractivity contribution in [3.05, 3.63) is 51.4 Å². The van der Waals surface area contributed by atoms with E-state index in [0.717, 1.165) is 0 Å². The lowest BCUT2D eigenvalue weighted by atomic mass is 10.2. The maximum absolute atomic E-state index is 10.8. The highest BCUT2D eigenvalue weighted by molar-refractivity contribution is 6.30. The van der Waals surface area contributed by atoms with Gasteiger partial charge in [-0.25, -0.2) is 0 Å². The van der Waals surface area contributed by atoms with Crippen molar-refractivity contribution in [1.82, 2.24) is 5.16 Å². The molecule has 0 spiro atoms. The van der Waals surface area contributed by atoms with Gasteiger partial charge in [-0.2, -0.15) is 0 Å². The fraction of sp³-hybridized carbons (Fsp3) is 0.100. The molecule has 88 valence electrons. The van der Waals surface area contributed by atoms with Crippen LogP contribution < -0.4 is 5.32 Å². The summed E-state index contributed by atoms with van der Waals surface area (Å²) >= 11 is 5.70. The van der Waals surface area contributed by atoms with Gasteiger partial charge in [0.1, 0.15) is 17.6 Å². The second kappa shape index (κ2) is 4.84. The van der Waals surface area contributed by atoms with Crippen LogP contribution in [0.3, 0.4) is 0 Å². The van der Waals surface area contributed by atoms with E-state index in [2.05, 4.69) is 15.0 Å². The molecule has 1 aromatic heterocycles. The van der Waals surface area contributed by atoms with E-state index in [-0.39, 0.29) is 5.69 Å². The molecule has 0 radical (unpaired) electrons. The summed E-state index contributed by atoms with van der Waals surface area (Å²) in [5, 5.41) is 17.7. The summed E-state index contributed by atoms with van der Waals surface area (Å²) in [6.07, 6.45) is 1.44. The van der Waals surface area contributed by atoms with Crippen molar-refractivity contribution in [1.29, 1.82) is 0 Å². The van der Waals surface area contributed by atoms with Gasteiger partial charge in [0.05, 0.1) is 11.5 Å². The van der Waals surface area contributed by atoms with Crippen LogP contribution in [0.1, 0.15) is 5.69 Å². The molecule has 2 rings (SSSR count). The molecule has 1 aromatic carbocycles. The molecule has 0 amide bonds. The first-order valence-corrected chi connectivity index (χ1v) is 5.11. The van der Waals surface area contributed by atoms with Crippen molar-refractivity contribution in [2.45, 2.75) is 6.54 Å².